The van der Waals surface area contributed by atoms with Gasteiger partial charge in [-0.15, -0.1) is 0 Å². The van der Waals surface area contributed by atoms with Crippen molar-refractivity contribution in [3.05, 3.63) is 34.9 Å². The van der Waals surface area contributed by atoms with Crippen LogP contribution in [0.3, 0.4) is 0 Å². The fraction of sp³-hybridized carbons (Fsp3) is 0.806. The molecule has 0 aliphatic heterocycles. The highest BCUT2D eigenvalue weighted by atomic mass is 35.5. The standard InChI is InChI=1S/C31H58N.ClH/c1-6-9-10-11-12-13-14-15-16-17-18-19-20-21-22-23-26-32(4,5)28-31-25-24-29(7-2)27-30(31)8-3;/h24-25,27H,6-23,26,28H2,1-5H3;1H/q+1;/p-1. The van der Waals surface area contributed by atoms with Crippen LogP contribution >= 0.6 is 0 Å². The minimum absolute atomic E-state index is 0. The van der Waals surface area contributed by atoms with E-state index in [-0.39, 0.29) is 12.4 Å². The maximum Gasteiger partial charge on any atom is 0.104 e. The lowest BCUT2D eigenvalue weighted by atomic mass is 9.99. The van der Waals surface area contributed by atoms with Crippen molar-refractivity contribution in [1.29, 1.82) is 0 Å². The molecule has 0 N–H and O–H groups in total. The van der Waals surface area contributed by atoms with E-state index in [1.165, 1.54) is 121 Å². The number of rotatable bonds is 21. The maximum atomic E-state index is 2.43. The summed E-state index contributed by atoms with van der Waals surface area (Å²) in [5.74, 6) is 0. The SMILES string of the molecule is CCCCCCCCCCCCCCCCCC[N+](C)(C)Cc1ccc(CC)cc1CC.[Cl-]. The molecule has 0 aliphatic carbocycles. The van der Waals surface area contributed by atoms with Gasteiger partial charge in [-0.25, -0.2) is 0 Å². The van der Waals surface area contributed by atoms with E-state index in [4.69, 9.17) is 0 Å². The van der Waals surface area contributed by atoms with Gasteiger partial charge in [0.15, 0.2) is 0 Å². The highest BCUT2D eigenvalue weighted by Gasteiger charge is 2.17. The van der Waals surface area contributed by atoms with Crippen LogP contribution in [0.5, 0.6) is 0 Å². The summed E-state index contributed by atoms with van der Waals surface area (Å²) in [6.07, 6.45) is 25.5. The Morgan fingerprint density at radius 2 is 1.00 bits per heavy atom. The zero-order valence-corrected chi connectivity index (χ0v) is 24.0. The Balaban J connectivity index is 0.0000102. The lowest BCUT2D eigenvalue weighted by Gasteiger charge is -2.31. The summed E-state index contributed by atoms with van der Waals surface area (Å²) in [6, 6.07) is 7.17. The Bertz CT molecular complexity index is 566. The largest absolute Gasteiger partial charge is 1.00 e. The molecule has 2 heteroatoms. The second-order valence-electron chi connectivity index (χ2n) is 10.9. The van der Waals surface area contributed by atoms with Gasteiger partial charge in [0, 0.05) is 5.56 Å². The molecule has 0 bridgehead atoms. The summed E-state index contributed by atoms with van der Waals surface area (Å²) in [4.78, 5) is 0. The van der Waals surface area contributed by atoms with E-state index >= 15 is 0 Å². The number of halogens is 1. The van der Waals surface area contributed by atoms with Crippen molar-refractivity contribution in [2.24, 2.45) is 0 Å². The Morgan fingerprint density at radius 3 is 1.42 bits per heavy atom. The van der Waals surface area contributed by atoms with Crippen molar-refractivity contribution in [1.82, 2.24) is 0 Å². The number of benzene rings is 1. The summed E-state index contributed by atoms with van der Waals surface area (Å²) in [5, 5.41) is 0. The Kier molecular flexibility index (Phi) is 20.5. The van der Waals surface area contributed by atoms with Crippen molar-refractivity contribution < 1.29 is 16.9 Å². The molecule has 0 radical (unpaired) electrons. The van der Waals surface area contributed by atoms with Gasteiger partial charge in [0.25, 0.3) is 0 Å². The zero-order valence-electron chi connectivity index (χ0n) is 23.2. The highest BCUT2D eigenvalue weighted by Crippen LogP contribution is 2.19. The summed E-state index contributed by atoms with van der Waals surface area (Å²) in [6.45, 7) is 9.33. The van der Waals surface area contributed by atoms with E-state index in [0.717, 1.165) is 17.3 Å². The smallest absolute Gasteiger partial charge is 0.104 e. The van der Waals surface area contributed by atoms with Gasteiger partial charge in [0.1, 0.15) is 6.54 Å². The first-order valence-electron chi connectivity index (χ1n) is 14.4. The number of aryl methyl sites for hydroxylation is 2. The van der Waals surface area contributed by atoms with Crippen LogP contribution in [-0.2, 0) is 19.4 Å². The molecule has 1 rings (SSSR count). The predicted octanol–water partition coefficient (Wildman–Crippen LogP) is 6.65. The molecule has 0 spiro atoms. The van der Waals surface area contributed by atoms with Crippen LogP contribution in [0.2, 0.25) is 0 Å². The normalized spacial score (nSPS) is 11.5. The molecule has 0 aliphatic rings. The van der Waals surface area contributed by atoms with Crippen molar-refractivity contribution in [2.75, 3.05) is 20.6 Å². The zero-order chi connectivity index (χ0) is 23.5. The fourth-order valence-electron chi connectivity index (χ4n) is 5.01. The van der Waals surface area contributed by atoms with Crippen LogP contribution in [0.4, 0.5) is 0 Å². The van der Waals surface area contributed by atoms with Crippen LogP contribution in [0.15, 0.2) is 18.2 Å². The molecule has 0 saturated carbocycles. The van der Waals surface area contributed by atoms with Gasteiger partial charge in [0.05, 0.1) is 20.6 Å². The number of quaternary nitrogens is 1. The van der Waals surface area contributed by atoms with Gasteiger partial charge in [-0.3, -0.25) is 0 Å². The topological polar surface area (TPSA) is 0 Å². The van der Waals surface area contributed by atoms with Gasteiger partial charge in [-0.05, 0) is 36.8 Å². The van der Waals surface area contributed by atoms with Gasteiger partial charge in [0.2, 0.25) is 0 Å². The lowest BCUT2D eigenvalue weighted by Crippen LogP contribution is -3.00. The predicted molar refractivity (Wildman–Crippen MR) is 145 cm³/mol. The lowest BCUT2D eigenvalue weighted by molar-refractivity contribution is -0.903. The molecule has 0 heterocycles. The Morgan fingerprint density at radius 1 is 0.545 bits per heavy atom. The molecule has 0 fully saturated rings. The minimum Gasteiger partial charge on any atom is -1.00 e. The summed E-state index contributed by atoms with van der Waals surface area (Å²) in [7, 11) is 4.83. The first-order valence-corrected chi connectivity index (χ1v) is 14.4. The maximum absolute atomic E-state index is 2.43. The van der Waals surface area contributed by atoms with E-state index in [9.17, 15) is 0 Å². The van der Waals surface area contributed by atoms with Gasteiger partial charge >= 0.3 is 0 Å². The van der Waals surface area contributed by atoms with E-state index in [2.05, 4.69) is 53.1 Å². The second kappa shape index (κ2) is 20.8. The van der Waals surface area contributed by atoms with Gasteiger partial charge in [-0.2, -0.15) is 0 Å². The van der Waals surface area contributed by atoms with Crippen molar-refractivity contribution in [2.45, 2.75) is 143 Å². The average Bonchev–Trinajstić information content (AvgIpc) is 2.78. The van der Waals surface area contributed by atoms with E-state index in [1.807, 2.05) is 0 Å². The van der Waals surface area contributed by atoms with E-state index in [0.29, 0.717) is 0 Å². The van der Waals surface area contributed by atoms with Crippen molar-refractivity contribution >= 4 is 0 Å². The third-order valence-electron chi connectivity index (χ3n) is 7.28. The molecule has 0 atom stereocenters. The first-order chi connectivity index (χ1) is 15.5. The average molecular weight is 480 g/mol. The number of unbranched alkanes of at least 4 members (excludes halogenated alkanes) is 15. The van der Waals surface area contributed by atoms with Crippen LogP contribution in [0.25, 0.3) is 0 Å². The van der Waals surface area contributed by atoms with Crippen molar-refractivity contribution in [3.63, 3.8) is 0 Å². The summed E-state index contributed by atoms with van der Waals surface area (Å²) >= 11 is 0. The molecule has 0 saturated heterocycles. The molecule has 0 aromatic heterocycles. The monoisotopic (exact) mass is 479 g/mol. The fourth-order valence-corrected chi connectivity index (χ4v) is 5.01. The minimum atomic E-state index is 0. The summed E-state index contributed by atoms with van der Waals surface area (Å²) < 4.78 is 1.12. The van der Waals surface area contributed by atoms with Gasteiger partial charge in [-0.1, -0.05) is 129 Å². The molecule has 1 nitrogen and oxygen atoms in total. The molecule has 33 heavy (non-hydrogen) atoms. The quantitative estimate of drug-likeness (QED) is 0.137. The molecule has 0 amide bonds. The Hall–Kier alpha value is -0.530. The number of nitrogens with zero attached hydrogens (tertiary/aromatic N) is 1. The molecular formula is C31H58ClN. The van der Waals surface area contributed by atoms with Crippen LogP contribution in [-0.4, -0.2) is 25.1 Å². The molecule has 1 aromatic rings. The van der Waals surface area contributed by atoms with Crippen LogP contribution in [0.1, 0.15) is 140 Å². The second-order valence-corrected chi connectivity index (χ2v) is 10.9. The van der Waals surface area contributed by atoms with Crippen LogP contribution in [0, 0.1) is 0 Å². The van der Waals surface area contributed by atoms with Gasteiger partial charge < -0.3 is 16.9 Å². The molecule has 194 valence electrons. The molecular weight excluding hydrogens is 422 g/mol. The highest BCUT2D eigenvalue weighted by molar-refractivity contribution is 5.31. The van der Waals surface area contributed by atoms with Crippen LogP contribution < -0.4 is 12.4 Å². The number of hydrogen-bond acceptors (Lipinski definition) is 0. The third-order valence-corrected chi connectivity index (χ3v) is 7.28. The van der Waals surface area contributed by atoms with E-state index in [1.54, 1.807) is 11.1 Å². The number of hydrogen-bond donors (Lipinski definition) is 0. The third kappa shape index (κ3) is 16.7. The molecule has 0 unspecified atom stereocenters. The van der Waals surface area contributed by atoms with E-state index < -0.39 is 0 Å². The summed E-state index contributed by atoms with van der Waals surface area (Å²) in [5.41, 5.74) is 4.60. The Labute approximate surface area is 215 Å². The first kappa shape index (κ1) is 32.5. The van der Waals surface area contributed by atoms with Crippen molar-refractivity contribution in [3.8, 4) is 0 Å². The molecule has 1 aromatic carbocycles.